The van der Waals surface area contributed by atoms with E-state index in [2.05, 4.69) is 25.5 Å². The molecular weight excluding hydrogens is 260 g/mol. The summed E-state index contributed by atoms with van der Waals surface area (Å²) in [5.74, 6) is 0. The summed E-state index contributed by atoms with van der Waals surface area (Å²) in [6.45, 7) is 8.17. The zero-order chi connectivity index (χ0) is 13.8. The van der Waals surface area contributed by atoms with Gasteiger partial charge in [0.05, 0.1) is 23.7 Å². The fourth-order valence-electron chi connectivity index (χ4n) is 2.93. The van der Waals surface area contributed by atoms with Crippen LogP contribution in [0.25, 0.3) is 0 Å². The quantitative estimate of drug-likeness (QED) is 0.763. The van der Waals surface area contributed by atoms with Crippen molar-refractivity contribution in [2.24, 2.45) is 0 Å². The van der Waals surface area contributed by atoms with Crippen LogP contribution in [0.15, 0.2) is 0 Å². The van der Waals surface area contributed by atoms with Crippen LogP contribution < -0.4 is 0 Å². The molecule has 0 saturated carbocycles. The third-order valence-corrected chi connectivity index (χ3v) is 4.48. The van der Waals surface area contributed by atoms with Gasteiger partial charge in [-0.3, -0.25) is 4.68 Å². The Labute approximate surface area is 121 Å². The Bertz CT molecular complexity index is 411. The summed E-state index contributed by atoms with van der Waals surface area (Å²) >= 11 is 6.53. The number of aryl methyl sites for hydroxylation is 1. The first-order chi connectivity index (χ1) is 9.22. The molecule has 2 unspecified atom stereocenters. The van der Waals surface area contributed by atoms with Gasteiger partial charge in [0.25, 0.3) is 0 Å². The van der Waals surface area contributed by atoms with E-state index in [1.54, 1.807) is 0 Å². The monoisotopic (exact) mass is 284 g/mol. The van der Waals surface area contributed by atoms with Crippen molar-refractivity contribution in [3.05, 3.63) is 17.0 Å². The molecule has 3 nitrogen and oxygen atoms in total. The number of ether oxygens (including phenoxy) is 1. The van der Waals surface area contributed by atoms with E-state index in [4.69, 9.17) is 21.4 Å². The minimum Gasteiger partial charge on any atom is -0.379 e. The van der Waals surface area contributed by atoms with Gasteiger partial charge in [0.15, 0.2) is 0 Å². The molecule has 1 saturated heterocycles. The Hall–Kier alpha value is -0.540. The second-order valence-corrected chi connectivity index (χ2v) is 5.73. The highest BCUT2D eigenvalue weighted by molar-refractivity contribution is 6.21. The van der Waals surface area contributed by atoms with Crippen LogP contribution >= 0.6 is 11.6 Å². The molecule has 1 fully saturated rings. The summed E-state index contributed by atoms with van der Waals surface area (Å²) in [5.41, 5.74) is 3.76. The molecule has 2 heterocycles. The SMILES string of the molecule is CCc1nn(C2CCCOC2)c(CC)c1C(Cl)CC. The highest BCUT2D eigenvalue weighted by atomic mass is 35.5. The van der Waals surface area contributed by atoms with E-state index in [1.165, 1.54) is 17.0 Å². The van der Waals surface area contributed by atoms with Crippen LogP contribution in [0.4, 0.5) is 0 Å². The molecule has 0 N–H and O–H groups in total. The zero-order valence-electron chi connectivity index (χ0n) is 12.3. The molecule has 2 atom stereocenters. The van der Waals surface area contributed by atoms with Crippen molar-refractivity contribution in [3.63, 3.8) is 0 Å². The van der Waals surface area contributed by atoms with E-state index in [1.807, 2.05) is 0 Å². The summed E-state index contributed by atoms with van der Waals surface area (Å²) in [4.78, 5) is 0. The number of hydrogen-bond acceptors (Lipinski definition) is 2. The number of aromatic nitrogens is 2. The Kier molecular flexibility index (Phi) is 5.28. The van der Waals surface area contributed by atoms with Crippen LogP contribution in [0, 0.1) is 0 Å². The predicted octanol–water partition coefficient (Wildman–Crippen LogP) is 4.05. The maximum absolute atomic E-state index is 6.53. The van der Waals surface area contributed by atoms with Crippen molar-refractivity contribution in [2.75, 3.05) is 13.2 Å². The van der Waals surface area contributed by atoms with E-state index in [0.717, 1.165) is 45.3 Å². The van der Waals surface area contributed by atoms with Crippen molar-refractivity contribution < 1.29 is 4.74 Å². The van der Waals surface area contributed by atoms with Crippen molar-refractivity contribution in [3.8, 4) is 0 Å². The molecule has 0 bridgehead atoms. The van der Waals surface area contributed by atoms with Gasteiger partial charge >= 0.3 is 0 Å². The van der Waals surface area contributed by atoms with Crippen LogP contribution in [-0.2, 0) is 17.6 Å². The molecule has 4 heteroatoms. The van der Waals surface area contributed by atoms with E-state index < -0.39 is 0 Å². The maximum atomic E-state index is 6.53. The summed E-state index contributed by atoms with van der Waals surface area (Å²) in [5, 5.41) is 4.93. The Balaban J connectivity index is 2.39. The van der Waals surface area contributed by atoms with Crippen LogP contribution in [0.1, 0.15) is 68.4 Å². The van der Waals surface area contributed by atoms with Crippen LogP contribution in [-0.4, -0.2) is 23.0 Å². The van der Waals surface area contributed by atoms with E-state index >= 15 is 0 Å². The van der Waals surface area contributed by atoms with Gasteiger partial charge in [-0.25, -0.2) is 0 Å². The van der Waals surface area contributed by atoms with Gasteiger partial charge in [0, 0.05) is 17.9 Å². The number of halogens is 1. The normalized spacial score (nSPS) is 21.6. The molecule has 1 aliphatic rings. The first-order valence-corrected chi connectivity index (χ1v) is 7.98. The maximum Gasteiger partial charge on any atom is 0.0756 e. The third kappa shape index (κ3) is 2.97. The highest BCUT2D eigenvalue weighted by Gasteiger charge is 2.25. The molecule has 108 valence electrons. The van der Waals surface area contributed by atoms with Crippen LogP contribution in [0.3, 0.4) is 0 Å². The molecule has 2 rings (SSSR count). The summed E-state index contributed by atoms with van der Waals surface area (Å²) in [6, 6.07) is 0.392. The lowest BCUT2D eigenvalue weighted by molar-refractivity contribution is 0.0538. The molecule has 0 spiro atoms. The van der Waals surface area contributed by atoms with Crippen LogP contribution in [0.2, 0.25) is 0 Å². The smallest absolute Gasteiger partial charge is 0.0756 e. The van der Waals surface area contributed by atoms with Gasteiger partial charge in [-0.1, -0.05) is 20.8 Å². The summed E-state index contributed by atoms with van der Waals surface area (Å²) < 4.78 is 7.82. The largest absolute Gasteiger partial charge is 0.379 e. The molecule has 0 radical (unpaired) electrons. The molecule has 0 aliphatic carbocycles. The van der Waals surface area contributed by atoms with Crippen molar-refractivity contribution in [2.45, 2.75) is 64.3 Å². The Morgan fingerprint density at radius 1 is 1.37 bits per heavy atom. The van der Waals surface area contributed by atoms with E-state index in [9.17, 15) is 0 Å². The van der Waals surface area contributed by atoms with Gasteiger partial charge in [-0.15, -0.1) is 11.6 Å². The lowest BCUT2D eigenvalue weighted by Gasteiger charge is -2.24. The Morgan fingerprint density at radius 2 is 2.16 bits per heavy atom. The summed E-state index contributed by atoms with van der Waals surface area (Å²) in [7, 11) is 0. The number of nitrogens with zero attached hydrogens (tertiary/aromatic N) is 2. The van der Waals surface area contributed by atoms with E-state index in [-0.39, 0.29) is 5.38 Å². The minimum absolute atomic E-state index is 0.0863. The van der Waals surface area contributed by atoms with Crippen LogP contribution in [0.5, 0.6) is 0 Å². The van der Waals surface area contributed by atoms with Gasteiger partial charge in [0.1, 0.15) is 0 Å². The number of alkyl halides is 1. The average Bonchev–Trinajstić information content (AvgIpc) is 2.85. The fourth-order valence-corrected chi connectivity index (χ4v) is 3.18. The molecular formula is C15H25ClN2O. The lowest BCUT2D eigenvalue weighted by Crippen LogP contribution is -2.23. The molecule has 1 aliphatic heterocycles. The van der Waals surface area contributed by atoms with Gasteiger partial charge in [-0.2, -0.15) is 5.10 Å². The second-order valence-electron chi connectivity index (χ2n) is 5.21. The molecule has 19 heavy (non-hydrogen) atoms. The topological polar surface area (TPSA) is 27.1 Å². The Morgan fingerprint density at radius 3 is 2.68 bits per heavy atom. The molecule has 1 aromatic rings. The molecule has 0 amide bonds. The number of hydrogen-bond donors (Lipinski definition) is 0. The minimum atomic E-state index is 0.0863. The van der Waals surface area contributed by atoms with Gasteiger partial charge in [0.2, 0.25) is 0 Å². The van der Waals surface area contributed by atoms with E-state index in [0.29, 0.717) is 6.04 Å². The lowest BCUT2D eigenvalue weighted by atomic mass is 10.0. The van der Waals surface area contributed by atoms with Gasteiger partial charge < -0.3 is 4.74 Å². The highest BCUT2D eigenvalue weighted by Crippen LogP contribution is 2.33. The average molecular weight is 285 g/mol. The molecule has 1 aromatic heterocycles. The number of rotatable bonds is 5. The van der Waals surface area contributed by atoms with Crippen molar-refractivity contribution >= 4 is 11.6 Å². The predicted molar refractivity (Wildman–Crippen MR) is 79.0 cm³/mol. The molecule has 0 aromatic carbocycles. The third-order valence-electron chi connectivity index (χ3n) is 3.95. The standard InChI is InChI=1S/C15H25ClN2O/c1-4-12(16)15-13(5-2)17-18(14(15)6-3)11-8-7-9-19-10-11/h11-12H,4-10H2,1-3H3. The summed E-state index contributed by atoms with van der Waals surface area (Å²) in [6.07, 6.45) is 5.18. The zero-order valence-corrected chi connectivity index (χ0v) is 13.0. The fraction of sp³-hybridized carbons (Fsp3) is 0.800. The second kappa shape index (κ2) is 6.76. The van der Waals surface area contributed by atoms with Crippen molar-refractivity contribution in [1.82, 2.24) is 9.78 Å². The first-order valence-electron chi connectivity index (χ1n) is 7.54. The first kappa shape index (κ1) is 14.9. The van der Waals surface area contributed by atoms with Crippen molar-refractivity contribution in [1.29, 1.82) is 0 Å². The van der Waals surface area contributed by atoms with Gasteiger partial charge in [-0.05, 0) is 32.1 Å².